The maximum absolute atomic E-state index is 12.9. The van der Waals surface area contributed by atoms with Crippen molar-refractivity contribution in [1.82, 2.24) is 24.8 Å². The number of fused-ring (bicyclic) bond motifs is 3. The van der Waals surface area contributed by atoms with Crippen molar-refractivity contribution in [2.45, 2.75) is 19.4 Å². The molecular weight excluding hydrogens is 388 g/mol. The predicted molar refractivity (Wildman–Crippen MR) is 108 cm³/mol. The molecule has 0 fully saturated rings. The van der Waals surface area contributed by atoms with Gasteiger partial charge in [0.05, 0.1) is 17.4 Å². The number of hydrogen-bond acceptors (Lipinski definition) is 8. The summed E-state index contributed by atoms with van der Waals surface area (Å²) < 4.78 is 4.00. The lowest BCUT2D eigenvalue weighted by Crippen LogP contribution is -2.26. The van der Waals surface area contributed by atoms with Gasteiger partial charge in [0.25, 0.3) is 5.56 Å². The zero-order valence-corrected chi connectivity index (χ0v) is 16.1. The quantitative estimate of drug-likeness (QED) is 0.552. The Balaban J connectivity index is 1.76. The fourth-order valence-electron chi connectivity index (χ4n) is 3.13. The minimum Gasteiger partial charge on any atom is -0.400 e. The maximum atomic E-state index is 12.9. The number of hydrazone groups is 1. The zero-order valence-electron chi connectivity index (χ0n) is 14.5. The van der Waals surface area contributed by atoms with Gasteiger partial charge in [-0.15, -0.1) is 11.3 Å². The van der Waals surface area contributed by atoms with Crippen molar-refractivity contribution >= 4 is 55.1 Å². The van der Waals surface area contributed by atoms with Gasteiger partial charge in [-0.05, 0) is 6.08 Å². The zero-order chi connectivity index (χ0) is 19.1. The van der Waals surface area contributed by atoms with Crippen molar-refractivity contribution in [1.29, 1.82) is 5.41 Å². The first kappa shape index (κ1) is 17.7. The average molecular weight is 405 g/mol. The van der Waals surface area contributed by atoms with Gasteiger partial charge in [0.2, 0.25) is 0 Å². The van der Waals surface area contributed by atoms with Crippen LogP contribution in [0.4, 0.5) is 0 Å². The van der Waals surface area contributed by atoms with E-state index in [1.165, 1.54) is 10.8 Å². The van der Waals surface area contributed by atoms with E-state index < -0.39 is 0 Å². The summed E-state index contributed by atoms with van der Waals surface area (Å²) in [5.74, 6) is 0. The third-order valence-corrected chi connectivity index (χ3v) is 5.52. The van der Waals surface area contributed by atoms with E-state index in [2.05, 4.69) is 15.6 Å². The number of aromatic nitrogens is 4. The molecule has 0 saturated heterocycles. The molecule has 4 rings (SSSR count). The SMILES string of the molecule is Cn1c2nc(CC3=NNCC3)sc2c2cnn(CC(N)=CC(=N)Cl)c(=O)c21. The van der Waals surface area contributed by atoms with E-state index in [0.717, 1.165) is 39.4 Å². The molecule has 3 aromatic heterocycles. The fourth-order valence-corrected chi connectivity index (χ4v) is 4.41. The lowest BCUT2D eigenvalue weighted by atomic mass is 10.2. The molecule has 3 aromatic rings. The Hall–Kier alpha value is -2.72. The molecule has 0 spiro atoms. The topological polar surface area (TPSA) is 127 Å². The van der Waals surface area contributed by atoms with Crippen LogP contribution < -0.4 is 16.7 Å². The summed E-state index contributed by atoms with van der Waals surface area (Å²) in [7, 11) is 1.82. The number of thiazole rings is 1. The van der Waals surface area contributed by atoms with Crippen molar-refractivity contribution in [2.75, 3.05) is 6.54 Å². The Morgan fingerprint density at radius 3 is 3.07 bits per heavy atom. The number of rotatable bonds is 5. The Bertz CT molecular complexity index is 1180. The molecule has 0 saturated carbocycles. The molecule has 11 heteroatoms. The highest BCUT2D eigenvalue weighted by atomic mass is 35.5. The molecule has 27 heavy (non-hydrogen) atoms. The van der Waals surface area contributed by atoms with Gasteiger partial charge in [-0.2, -0.15) is 10.2 Å². The summed E-state index contributed by atoms with van der Waals surface area (Å²) in [4.78, 5) is 17.6. The van der Waals surface area contributed by atoms with E-state index in [-0.39, 0.29) is 23.0 Å². The molecule has 140 valence electrons. The molecule has 4 heterocycles. The van der Waals surface area contributed by atoms with E-state index in [1.807, 2.05) is 7.05 Å². The highest BCUT2D eigenvalue weighted by Crippen LogP contribution is 2.31. The van der Waals surface area contributed by atoms with Crippen LogP contribution in [0.5, 0.6) is 0 Å². The summed E-state index contributed by atoms with van der Waals surface area (Å²) in [5.41, 5.74) is 11.2. The second-order valence-corrected chi connectivity index (χ2v) is 7.76. The van der Waals surface area contributed by atoms with E-state index >= 15 is 0 Å². The number of hydrogen-bond donors (Lipinski definition) is 3. The average Bonchev–Trinajstić information content (AvgIpc) is 3.29. The first-order chi connectivity index (χ1) is 12.9. The number of halogens is 1. The van der Waals surface area contributed by atoms with Gasteiger partial charge in [0.1, 0.15) is 15.7 Å². The molecule has 4 N–H and O–H groups in total. The summed E-state index contributed by atoms with van der Waals surface area (Å²) in [6.45, 7) is 0.932. The second-order valence-electron chi connectivity index (χ2n) is 6.27. The molecule has 1 aliphatic rings. The first-order valence-corrected chi connectivity index (χ1v) is 9.46. The van der Waals surface area contributed by atoms with Crippen LogP contribution in [0.2, 0.25) is 0 Å². The van der Waals surface area contributed by atoms with Gasteiger partial charge in [-0.3, -0.25) is 10.2 Å². The Labute approximate surface area is 162 Å². The molecule has 0 unspecified atom stereocenters. The summed E-state index contributed by atoms with van der Waals surface area (Å²) in [6.07, 6.45) is 4.59. The van der Waals surface area contributed by atoms with E-state index in [0.29, 0.717) is 11.9 Å². The van der Waals surface area contributed by atoms with Gasteiger partial charge in [-0.25, -0.2) is 9.67 Å². The van der Waals surface area contributed by atoms with Crippen molar-refractivity contribution in [2.24, 2.45) is 17.9 Å². The molecule has 0 amide bonds. The van der Waals surface area contributed by atoms with Gasteiger partial charge >= 0.3 is 0 Å². The maximum Gasteiger partial charge on any atom is 0.291 e. The Morgan fingerprint density at radius 2 is 2.37 bits per heavy atom. The van der Waals surface area contributed by atoms with Gasteiger partial charge < -0.3 is 15.7 Å². The van der Waals surface area contributed by atoms with Crippen molar-refractivity contribution in [3.8, 4) is 0 Å². The van der Waals surface area contributed by atoms with Crippen LogP contribution in [0.15, 0.2) is 27.9 Å². The molecule has 0 aliphatic carbocycles. The normalized spacial score (nSPS) is 14.7. The second kappa shape index (κ2) is 6.78. The number of nitrogens with zero attached hydrogens (tertiary/aromatic N) is 5. The number of allylic oxidation sites excluding steroid dienone is 2. The van der Waals surface area contributed by atoms with Crippen molar-refractivity contribution < 1.29 is 0 Å². The van der Waals surface area contributed by atoms with Crippen LogP contribution in [-0.2, 0) is 20.0 Å². The first-order valence-electron chi connectivity index (χ1n) is 8.26. The number of aryl methyl sites for hydroxylation is 1. The Morgan fingerprint density at radius 1 is 1.56 bits per heavy atom. The predicted octanol–water partition coefficient (Wildman–Crippen LogP) is 1.30. The molecule has 0 radical (unpaired) electrons. The third-order valence-electron chi connectivity index (χ3n) is 4.33. The minimum absolute atomic E-state index is 0.0637. The van der Waals surface area contributed by atoms with Crippen LogP contribution >= 0.6 is 22.9 Å². The molecular formula is C16H17ClN8OS. The van der Waals surface area contributed by atoms with E-state index in [4.69, 9.17) is 27.7 Å². The van der Waals surface area contributed by atoms with Gasteiger partial charge in [-0.1, -0.05) is 11.6 Å². The van der Waals surface area contributed by atoms with E-state index in [1.54, 1.807) is 22.1 Å². The number of nitrogens with two attached hydrogens (primary N) is 1. The number of nitrogens with one attached hydrogen (secondary N) is 2. The highest BCUT2D eigenvalue weighted by molar-refractivity contribution is 7.19. The summed E-state index contributed by atoms with van der Waals surface area (Å²) in [6, 6.07) is 0. The van der Waals surface area contributed by atoms with Gasteiger partial charge in [0, 0.05) is 43.2 Å². The largest absolute Gasteiger partial charge is 0.400 e. The lowest BCUT2D eigenvalue weighted by molar-refractivity contribution is 0.632. The van der Waals surface area contributed by atoms with Gasteiger partial charge in [0.15, 0.2) is 5.65 Å². The fraction of sp³-hybridized carbons (Fsp3) is 0.312. The lowest BCUT2D eigenvalue weighted by Gasteiger charge is -2.05. The van der Waals surface area contributed by atoms with Crippen LogP contribution in [0.1, 0.15) is 11.4 Å². The van der Waals surface area contributed by atoms with Crippen molar-refractivity contribution in [3.05, 3.63) is 33.3 Å². The molecule has 0 aromatic carbocycles. The van der Waals surface area contributed by atoms with E-state index in [9.17, 15) is 4.79 Å². The van der Waals surface area contributed by atoms with Crippen LogP contribution in [0.3, 0.4) is 0 Å². The minimum atomic E-state index is -0.261. The monoisotopic (exact) mass is 404 g/mol. The van der Waals surface area contributed by atoms with Crippen LogP contribution in [0.25, 0.3) is 21.3 Å². The van der Waals surface area contributed by atoms with Crippen LogP contribution in [0, 0.1) is 5.41 Å². The Kier molecular flexibility index (Phi) is 4.44. The summed E-state index contributed by atoms with van der Waals surface area (Å²) >= 11 is 7.07. The molecule has 0 bridgehead atoms. The highest BCUT2D eigenvalue weighted by Gasteiger charge is 2.19. The molecule has 1 aliphatic heterocycles. The standard InChI is InChI=1S/C16H17ClN8OS/c1-24-13-10(6-21-25(16(13)26)7-8(18)4-11(17)19)14-15(24)22-12(27-14)5-9-2-3-20-23-9/h4,6,19-20H,2-3,5,7,18H2,1H3. The third kappa shape index (κ3) is 3.21. The molecule has 9 nitrogen and oxygen atoms in total. The summed E-state index contributed by atoms with van der Waals surface area (Å²) in [5, 5.41) is 17.3. The van der Waals surface area contributed by atoms with Crippen molar-refractivity contribution in [3.63, 3.8) is 0 Å². The molecule has 0 atom stereocenters. The smallest absolute Gasteiger partial charge is 0.291 e. The van der Waals surface area contributed by atoms with Crippen LogP contribution in [-0.4, -0.2) is 36.8 Å².